The number of rotatable bonds is 11. The Morgan fingerprint density at radius 2 is 1.85 bits per heavy atom. The Balaban J connectivity index is 2.19. The number of nitro groups is 1. The summed E-state index contributed by atoms with van der Waals surface area (Å²) in [7, 11) is 1.32. The van der Waals surface area contributed by atoms with Crippen molar-refractivity contribution in [3.05, 3.63) is 63.7 Å². The zero-order valence-corrected chi connectivity index (χ0v) is 19.7. The molecule has 2 aromatic rings. The van der Waals surface area contributed by atoms with Gasteiger partial charge in [-0.15, -0.1) is 0 Å². The van der Waals surface area contributed by atoms with E-state index in [9.17, 15) is 19.7 Å². The van der Waals surface area contributed by atoms with Gasteiger partial charge in [0.1, 0.15) is 11.8 Å². The Kier molecular flexibility index (Phi) is 9.20. The molecule has 9 nitrogen and oxygen atoms in total. The van der Waals surface area contributed by atoms with E-state index >= 15 is 0 Å². The van der Waals surface area contributed by atoms with Gasteiger partial charge in [0, 0.05) is 25.2 Å². The first-order chi connectivity index (χ1) is 15.6. The van der Waals surface area contributed by atoms with Gasteiger partial charge in [0.2, 0.25) is 11.7 Å². The summed E-state index contributed by atoms with van der Waals surface area (Å²) in [6, 6.07) is 11.0. The van der Waals surface area contributed by atoms with Crippen molar-refractivity contribution in [2.45, 2.75) is 40.3 Å². The number of carbonyl (C=O) groups excluding carboxylic acids is 2. The second kappa shape index (κ2) is 11.8. The summed E-state index contributed by atoms with van der Waals surface area (Å²) >= 11 is 0. The monoisotopic (exact) mass is 457 g/mol. The molecule has 178 valence electrons. The van der Waals surface area contributed by atoms with Crippen LogP contribution in [0.4, 0.5) is 5.69 Å². The zero-order chi connectivity index (χ0) is 24.5. The second-order valence-corrected chi connectivity index (χ2v) is 8.14. The number of nitrogens with zero attached hydrogens (tertiary/aromatic N) is 2. The number of nitro benzene ring substituents is 1. The molecule has 2 aromatic carbocycles. The summed E-state index contributed by atoms with van der Waals surface area (Å²) in [5, 5.41) is 13.9. The highest BCUT2D eigenvalue weighted by Crippen LogP contribution is 2.30. The lowest BCUT2D eigenvalue weighted by atomic mass is 10.1. The van der Waals surface area contributed by atoms with E-state index in [1.165, 1.54) is 30.2 Å². The summed E-state index contributed by atoms with van der Waals surface area (Å²) in [4.78, 5) is 37.8. The normalized spacial score (nSPS) is 11.6. The molecule has 0 fully saturated rings. The van der Waals surface area contributed by atoms with Crippen LogP contribution < -0.4 is 14.8 Å². The zero-order valence-electron chi connectivity index (χ0n) is 19.7. The maximum absolute atomic E-state index is 13.1. The van der Waals surface area contributed by atoms with Crippen LogP contribution in [0.15, 0.2) is 42.5 Å². The molecule has 0 radical (unpaired) electrons. The summed E-state index contributed by atoms with van der Waals surface area (Å²) in [5.41, 5.74) is 1.73. The maximum atomic E-state index is 13.1. The Morgan fingerprint density at radius 3 is 2.45 bits per heavy atom. The van der Waals surface area contributed by atoms with Crippen molar-refractivity contribution in [2.24, 2.45) is 5.92 Å². The number of nitrogens with one attached hydrogen (secondary N) is 1. The third-order valence-corrected chi connectivity index (χ3v) is 5.16. The molecule has 0 unspecified atom stereocenters. The number of benzene rings is 2. The first-order valence-electron chi connectivity index (χ1n) is 10.7. The van der Waals surface area contributed by atoms with E-state index in [1.54, 1.807) is 6.92 Å². The fraction of sp³-hybridized carbons (Fsp3) is 0.417. The predicted octanol–water partition coefficient (Wildman–Crippen LogP) is 3.48. The molecular weight excluding hydrogens is 426 g/mol. The van der Waals surface area contributed by atoms with E-state index in [4.69, 9.17) is 9.47 Å². The third kappa shape index (κ3) is 7.20. The molecule has 0 bridgehead atoms. The molecule has 0 aromatic heterocycles. The van der Waals surface area contributed by atoms with Crippen molar-refractivity contribution in [3.8, 4) is 11.5 Å². The number of hydrogen-bond donors (Lipinski definition) is 1. The standard InChI is InChI=1S/C24H31N3O6/c1-16(2)13-25-24(29)18(4)26(14-19-9-7-6-8-17(19)3)23(28)15-33-20-10-11-21(27(30)31)22(12-20)32-5/h6-12,16,18H,13-15H2,1-5H3,(H,25,29)/t18-/m1/s1. The first kappa shape index (κ1) is 25.6. The molecule has 2 amide bonds. The first-order valence-corrected chi connectivity index (χ1v) is 10.7. The molecule has 2 rings (SSSR count). The lowest BCUT2D eigenvalue weighted by Gasteiger charge is -2.29. The highest BCUT2D eigenvalue weighted by Gasteiger charge is 2.27. The second-order valence-electron chi connectivity index (χ2n) is 8.14. The van der Waals surface area contributed by atoms with E-state index in [2.05, 4.69) is 5.32 Å². The molecule has 1 atom stereocenters. The molecule has 0 aliphatic rings. The fourth-order valence-corrected chi connectivity index (χ4v) is 3.13. The summed E-state index contributed by atoms with van der Waals surface area (Å²) in [6.07, 6.45) is 0. The molecule has 0 heterocycles. The van der Waals surface area contributed by atoms with Crippen LogP contribution in [0.2, 0.25) is 0 Å². The average molecular weight is 458 g/mol. The van der Waals surface area contributed by atoms with Crippen molar-refractivity contribution in [1.82, 2.24) is 10.2 Å². The van der Waals surface area contributed by atoms with Gasteiger partial charge in [0.05, 0.1) is 12.0 Å². The van der Waals surface area contributed by atoms with Crippen LogP contribution in [0.1, 0.15) is 31.9 Å². The van der Waals surface area contributed by atoms with Crippen LogP contribution in [0, 0.1) is 23.0 Å². The lowest BCUT2D eigenvalue weighted by Crippen LogP contribution is -2.49. The van der Waals surface area contributed by atoms with Gasteiger partial charge in [0.15, 0.2) is 6.61 Å². The summed E-state index contributed by atoms with van der Waals surface area (Å²) in [6.45, 7) is 8.03. The SMILES string of the molecule is COc1cc(OCC(=O)N(Cc2ccccc2C)[C@H](C)C(=O)NCC(C)C)ccc1[N+](=O)[O-]. The Labute approximate surface area is 193 Å². The molecule has 1 N–H and O–H groups in total. The molecule has 33 heavy (non-hydrogen) atoms. The van der Waals surface area contributed by atoms with Crippen LogP contribution >= 0.6 is 0 Å². The highest BCUT2D eigenvalue weighted by molar-refractivity contribution is 5.88. The number of aryl methyl sites for hydroxylation is 1. The van der Waals surface area contributed by atoms with Gasteiger partial charge < -0.3 is 19.7 Å². The number of carbonyl (C=O) groups is 2. The maximum Gasteiger partial charge on any atom is 0.311 e. The van der Waals surface area contributed by atoms with Crippen LogP contribution in [0.3, 0.4) is 0 Å². The van der Waals surface area contributed by atoms with Gasteiger partial charge in [0.25, 0.3) is 5.91 Å². The smallest absolute Gasteiger partial charge is 0.311 e. The topological polar surface area (TPSA) is 111 Å². The van der Waals surface area contributed by atoms with Gasteiger partial charge in [-0.2, -0.15) is 0 Å². The predicted molar refractivity (Wildman–Crippen MR) is 124 cm³/mol. The molecule has 0 aliphatic heterocycles. The number of ether oxygens (including phenoxy) is 2. The third-order valence-electron chi connectivity index (χ3n) is 5.16. The van der Waals surface area contributed by atoms with Gasteiger partial charge >= 0.3 is 5.69 Å². The average Bonchev–Trinajstić information content (AvgIpc) is 2.79. The minimum atomic E-state index is -0.717. The molecule has 0 saturated heterocycles. The Morgan fingerprint density at radius 1 is 1.15 bits per heavy atom. The quantitative estimate of drug-likeness (QED) is 0.409. The lowest BCUT2D eigenvalue weighted by molar-refractivity contribution is -0.385. The molecule has 0 aliphatic carbocycles. The number of amides is 2. The van der Waals surface area contributed by atoms with Crippen molar-refractivity contribution in [1.29, 1.82) is 0 Å². The summed E-state index contributed by atoms with van der Waals surface area (Å²) < 4.78 is 10.6. The molecule has 0 spiro atoms. The summed E-state index contributed by atoms with van der Waals surface area (Å²) in [5.74, 6) is -0.0748. The largest absolute Gasteiger partial charge is 0.490 e. The Hall–Kier alpha value is -3.62. The highest BCUT2D eigenvalue weighted by atomic mass is 16.6. The molecule has 0 saturated carbocycles. The van der Waals surface area contributed by atoms with Crippen LogP contribution in [-0.2, 0) is 16.1 Å². The van der Waals surface area contributed by atoms with Crippen LogP contribution in [0.25, 0.3) is 0 Å². The van der Waals surface area contributed by atoms with Gasteiger partial charge in [-0.1, -0.05) is 38.1 Å². The number of methoxy groups -OCH3 is 1. The van der Waals surface area contributed by atoms with Crippen molar-refractivity contribution in [2.75, 3.05) is 20.3 Å². The van der Waals surface area contributed by atoms with Gasteiger partial charge in [-0.05, 0) is 37.0 Å². The van der Waals surface area contributed by atoms with E-state index in [0.717, 1.165) is 11.1 Å². The molecular formula is C24H31N3O6. The minimum absolute atomic E-state index is 0.0307. The molecule has 9 heteroatoms. The van der Waals surface area contributed by atoms with Gasteiger partial charge in [-0.3, -0.25) is 19.7 Å². The van der Waals surface area contributed by atoms with E-state index in [-0.39, 0.29) is 48.1 Å². The van der Waals surface area contributed by atoms with E-state index in [1.807, 2.05) is 45.0 Å². The van der Waals surface area contributed by atoms with E-state index in [0.29, 0.717) is 6.54 Å². The van der Waals surface area contributed by atoms with Crippen LogP contribution in [-0.4, -0.2) is 47.9 Å². The minimum Gasteiger partial charge on any atom is -0.490 e. The fourth-order valence-electron chi connectivity index (χ4n) is 3.13. The van der Waals surface area contributed by atoms with Crippen molar-refractivity contribution >= 4 is 17.5 Å². The number of hydrogen-bond acceptors (Lipinski definition) is 6. The van der Waals surface area contributed by atoms with Crippen molar-refractivity contribution < 1.29 is 24.0 Å². The van der Waals surface area contributed by atoms with Crippen molar-refractivity contribution in [3.63, 3.8) is 0 Å². The van der Waals surface area contributed by atoms with Gasteiger partial charge in [-0.25, -0.2) is 0 Å². The van der Waals surface area contributed by atoms with Crippen LogP contribution in [0.5, 0.6) is 11.5 Å². The van der Waals surface area contributed by atoms with E-state index < -0.39 is 11.0 Å². The Bertz CT molecular complexity index is 992.